The fourth-order valence-corrected chi connectivity index (χ4v) is 3.86. The number of hydrogen-bond donors (Lipinski definition) is 5. The predicted octanol–water partition coefficient (Wildman–Crippen LogP) is 1.15. The molecule has 1 aromatic carbocycles. The highest BCUT2D eigenvalue weighted by molar-refractivity contribution is 5.86. The number of nitrogen functional groups attached to an aromatic ring is 1. The minimum absolute atomic E-state index is 0. The molecule has 0 saturated carbocycles. The molecule has 1 aromatic rings. The molecule has 0 aliphatic carbocycles. The van der Waals surface area contributed by atoms with Gasteiger partial charge in [0.05, 0.1) is 26.2 Å². The zero-order valence-corrected chi connectivity index (χ0v) is 23.7. The minimum Gasteiger partial charge on any atom is -0.480 e. The third-order valence-corrected chi connectivity index (χ3v) is 5.49. The number of benzene rings is 1. The van der Waals surface area contributed by atoms with E-state index < -0.39 is 17.9 Å². The Hall–Kier alpha value is -1.28. The fourth-order valence-electron chi connectivity index (χ4n) is 3.86. The smallest absolute Gasteiger partial charge is 0.359 e. The predicted molar refractivity (Wildman–Crippen MR) is 152 cm³/mol. The van der Waals surface area contributed by atoms with E-state index in [9.17, 15) is 24.6 Å². The molecule has 1 saturated heterocycles. The number of carboxylic acids is 3. The second-order valence-electron chi connectivity index (χ2n) is 7.83. The number of rotatable bonds is 7. The highest BCUT2D eigenvalue weighted by atomic mass is 35.5. The van der Waals surface area contributed by atoms with Gasteiger partial charge in [0, 0.05) is 57.1 Å². The van der Waals surface area contributed by atoms with E-state index >= 15 is 0 Å². The van der Waals surface area contributed by atoms with E-state index in [0.29, 0.717) is 58.0 Å². The highest BCUT2D eigenvalue weighted by Gasteiger charge is 2.34. The fraction of sp³-hybridized carbons (Fsp3) is 0.550. The van der Waals surface area contributed by atoms with Crippen LogP contribution in [0.1, 0.15) is 0 Å². The molecule has 2 rings (SSSR count). The Morgan fingerprint density at radius 1 is 0.750 bits per heavy atom. The summed E-state index contributed by atoms with van der Waals surface area (Å²) in [7, 11) is 0. The first kappa shape index (κ1) is 41.8. The number of nitrogens with zero attached hydrogens (tertiary/aromatic N) is 3. The zero-order valence-electron chi connectivity index (χ0n) is 19.6. The molecule has 1 aliphatic rings. The monoisotopic (exact) mass is 618 g/mol. The molecule has 0 bridgehead atoms. The lowest BCUT2D eigenvalue weighted by Gasteiger charge is -2.39. The summed E-state index contributed by atoms with van der Waals surface area (Å²) in [6.07, 6.45) is 0. The normalized spacial score (nSPS) is 19.1. The second kappa shape index (κ2) is 20.7. The van der Waals surface area contributed by atoms with E-state index in [1.165, 1.54) is 0 Å². The van der Waals surface area contributed by atoms with Crippen LogP contribution in [0.15, 0.2) is 24.3 Å². The van der Waals surface area contributed by atoms with Crippen molar-refractivity contribution >= 4 is 91.3 Å². The van der Waals surface area contributed by atoms with E-state index in [1.54, 1.807) is 21.9 Å². The number of nitrogens with one attached hydrogen (secondary N) is 1. The third kappa shape index (κ3) is 14.5. The molecule has 1 fully saturated rings. The third-order valence-electron chi connectivity index (χ3n) is 5.49. The molecule has 0 radical (unpaired) electrons. The van der Waals surface area contributed by atoms with Crippen molar-refractivity contribution in [1.82, 2.24) is 19.6 Å². The Balaban J connectivity index is -0.00000102. The molecule has 16 heteroatoms. The van der Waals surface area contributed by atoms with Crippen LogP contribution in [-0.4, -0.2) is 115 Å². The Bertz CT molecular complexity index is 780. The highest BCUT2D eigenvalue weighted by Crippen LogP contribution is 2.24. The maximum absolute atomic E-state index is 11.8. The summed E-state index contributed by atoms with van der Waals surface area (Å²) in [4.78, 5) is 37.8. The maximum Gasteiger partial charge on any atom is 0.359 e. The molecule has 1 heterocycles. The molecule has 36 heavy (non-hydrogen) atoms. The first-order valence-electron chi connectivity index (χ1n) is 10.2. The van der Waals surface area contributed by atoms with Crippen LogP contribution in [0.5, 0.6) is 0 Å². The molecule has 0 spiro atoms. The molecular formula is C20H37Cl5N5O6+. The van der Waals surface area contributed by atoms with E-state index in [1.807, 2.05) is 12.1 Å². The second-order valence-corrected chi connectivity index (χ2v) is 7.83. The standard InChI is InChI=1S/C20H31N5O6.5ClH/c21-16-1-3-17(4-2-16)25(15-20(30)31)11-6-22-5-7-23(13-18(26)27)8-9-24(10-12-25)14-19(28)29;;;;;/h1-4,22H,5-15,21H2,(H2-,26,27,28,29,30,31);5*1H/p+1. The zero-order chi connectivity index (χ0) is 22.9. The van der Waals surface area contributed by atoms with Gasteiger partial charge in [0.1, 0.15) is 5.69 Å². The quantitative estimate of drug-likeness (QED) is 0.221. The number of hydrogen-bond acceptors (Lipinski definition) is 7. The molecule has 0 amide bonds. The van der Waals surface area contributed by atoms with Gasteiger partial charge < -0.3 is 26.4 Å². The lowest BCUT2D eigenvalue weighted by Crippen LogP contribution is -2.59. The average Bonchev–Trinajstić information content (AvgIpc) is 2.67. The summed E-state index contributed by atoms with van der Waals surface area (Å²) >= 11 is 0. The van der Waals surface area contributed by atoms with Gasteiger partial charge in [0.15, 0.2) is 6.54 Å². The number of carbonyl (C=O) groups is 3. The van der Waals surface area contributed by atoms with Crippen LogP contribution in [0.3, 0.4) is 0 Å². The summed E-state index contributed by atoms with van der Waals surface area (Å²) in [5.74, 6) is -2.86. The molecule has 1 atom stereocenters. The summed E-state index contributed by atoms with van der Waals surface area (Å²) < 4.78 is 0.150. The maximum atomic E-state index is 11.8. The van der Waals surface area contributed by atoms with Crippen molar-refractivity contribution in [2.75, 3.05) is 77.7 Å². The van der Waals surface area contributed by atoms with Gasteiger partial charge in [-0.3, -0.25) is 23.9 Å². The van der Waals surface area contributed by atoms with Crippen LogP contribution in [-0.2, 0) is 14.4 Å². The van der Waals surface area contributed by atoms with Crippen LogP contribution < -0.4 is 15.5 Å². The van der Waals surface area contributed by atoms with Crippen molar-refractivity contribution in [3.63, 3.8) is 0 Å². The van der Waals surface area contributed by atoms with Gasteiger partial charge in [-0.15, -0.1) is 62.0 Å². The molecule has 1 aliphatic heterocycles. The number of halogens is 5. The number of nitrogens with two attached hydrogens (primary N) is 1. The van der Waals surface area contributed by atoms with E-state index in [-0.39, 0.29) is 86.2 Å². The van der Waals surface area contributed by atoms with Crippen molar-refractivity contribution in [3.8, 4) is 0 Å². The van der Waals surface area contributed by atoms with E-state index in [4.69, 9.17) is 10.8 Å². The Morgan fingerprint density at radius 3 is 1.72 bits per heavy atom. The van der Waals surface area contributed by atoms with Crippen molar-refractivity contribution < 1.29 is 29.7 Å². The Kier molecular flexibility index (Phi) is 24.1. The number of quaternary nitrogens is 1. The Morgan fingerprint density at radius 2 is 1.25 bits per heavy atom. The van der Waals surface area contributed by atoms with E-state index in [2.05, 4.69) is 5.32 Å². The van der Waals surface area contributed by atoms with Gasteiger partial charge in [-0.05, 0) is 12.1 Å². The molecule has 1 unspecified atom stereocenters. The summed E-state index contributed by atoms with van der Waals surface area (Å²) in [5.41, 5.74) is 7.19. The van der Waals surface area contributed by atoms with Crippen LogP contribution in [0, 0.1) is 0 Å². The largest absolute Gasteiger partial charge is 0.480 e. The summed E-state index contributed by atoms with van der Waals surface area (Å²) in [5, 5.41) is 31.4. The topological polar surface area (TPSA) is 156 Å². The lowest BCUT2D eigenvalue weighted by molar-refractivity contribution is -0.140. The van der Waals surface area contributed by atoms with Crippen molar-refractivity contribution in [2.24, 2.45) is 0 Å². The average molecular weight is 621 g/mol. The van der Waals surface area contributed by atoms with Crippen LogP contribution in [0.4, 0.5) is 11.4 Å². The lowest BCUT2D eigenvalue weighted by atomic mass is 10.2. The number of carboxylic acid groups (broad SMARTS) is 3. The number of anilines is 1. The summed E-state index contributed by atoms with van der Waals surface area (Å²) in [6.45, 7) is 3.10. The van der Waals surface area contributed by atoms with Crippen LogP contribution in [0.25, 0.3) is 0 Å². The van der Waals surface area contributed by atoms with E-state index in [0.717, 1.165) is 5.69 Å². The van der Waals surface area contributed by atoms with Gasteiger partial charge in [-0.1, -0.05) is 0 Å². The SMILES string of the molecule is Cl.Cl.Cl.Cl.Cl.Nc1ccc([N+]2(CC(=O)O)CCNCCN(CC(=O)O)CCN(CC(=O)O)CC2)cc1. The first-order chi connectivity index (χ1) is 14.7. The number of aliphatic carboxylic acids is 3. The molecule has 6 N–H and O–H groups in total. The van der Waals surface area contributed by atoms with Crippen molar-refractivity contribution in [2.45, 2.75) is 0 Å². The minimum atomic E-state index is -0.984. The van der Waals surface area contributed by atoms with Crippen LogP contribution in [0.2, 0.25) is 0 Å². The molecule has 11 nitrogen and oxygen atoms in total. The first-order valence-corrected chi connectivity index (χ1v) is 10.2. The van der Waals surface area contributed by atoms with Gasteiger partial charge in [-0.25, -0.2) is 4.79 Å². The molecule has 0 aromatic heterocycles. The molecular weight excluding hydrogens is 584 g/mol. The van der Waals surface area contributed by atoms with Crippen molar-refractivity contribution in [1.29, 1.82) is 0 Å². The van der Waals surface area contributed by atoms with Gasteiger partial charge in [0.2, 0.25) is 0 Å². The van der Waals surface area contributed by atoms with Gasteiger partial charge in [-0.2, -0.15) is 0 Å². The van der Waals surface area contributed by atoms with Crippen molar-refractivity contribution in [3.05, 3.63) is 24.3 Å². The van der Waals surface area contributed by atoms with Crippen LogP contribution >= 0.6 is 62.0 Å². The van der Waals surface area contributed by atoms with Gasteiger partial charge in [0.25, 0.3) is 0 Å². The summed E-state index contributed by atoms with van der Waals surface area (Å²) in [6, 6.07) is 7.11. The Labute approximate surface area is 242 Å². The molecule has 212 valence electrons. The van der Waals surface area contributed by atoms with Gasteiger partial charge >= 0.3 is 17.9 Å².